The van der Waals surface area contributed by atoms with E-state index in [1.165, 1.54) is 4.90 Å². The molecule has 7 nitrogen and oxygen atoms in total. The van der Waals surface area contributed by atoms with E-state index in [9.17, 15) is 14.7 Å². The third-order valence-electron chi connectivity index (χ3n) is 6.19. The molecular formula is C31H26N2O5. The molecule has 1 atom stereocenters. The molecule has 7 heteroatoms. The topological polar surface area (TPSA) is 89.0 Å². The molecule has 1 N–H and O–H groups in total. The average Bonchev–Trinajstić information content (AvgIpc) is 3.19. The second-order valence-electron chi connectivity index (χ2n) is 8.69. The Hall–Kier alpha value is -4.91. The summed E-state index contributed by atoms with van der Waals surface area (Å²) in [6.45, 7) is 2.48. The number of amides is 1. The van der Waals surface area contributed by atoms with Gasteiger partial charge in [-0.25, -0.2) is 0 Å². The molecule has 0 bridgehead atoms. The summed E-state index contributed by atoms with van der Waals surface area (Å²) in [7, 11) is 0. The van der Waals surface area contributed by atoms with Crippen molar-refractivity contribution in [3.63, 3.8) is 0 Å². The van der Waals surface area contributed by atoms with E-state index in [1.54, 1.807) is 60.8 Å². The molecule has 190 valence electrons. The molecule has 0 saturated carbocycles. The summed E-state index contributed by atoms with van der Waals surface area (Å²) in [5.74, 6) is 0.116. The van der Waals surface area contributed by atoms with Crippen LogP contribution in [0.2, 0.25) is 0 Å². The highest BCUT2D eigenvalue weighted by Gasteiger charge is 2.46. The van der Waals surface area contributed by atoms with Crippen LogP contribution in [0, 0.1) is 0 Å². The molecule has 1 saturated heterocycles. The largest absolute Gasteiger partial charge is 0.507 e. The molecule has 4 aromatic rings. The van der Waals surface area contributed by atoms with Crippen LogP contribution in [0.15, 0.2) is 109 Å². The van der Waals surface area contributed by atoms with Gasteiger partial charge in [0.1, 0.15) is 23.0 Å². The summed E-state index contributed by atoms with van der Waals surface area (Å²) in [5, 5.41) is 11.3. The fourth-order valence-corrected chi connectivity index (χ4v) is 4.46. The summed E-state index contributed by atoms with van der Waals surface area (Å²) in [5.41, 5.74) is 1.66. The van der Waals surface area contributed by atoms with Crippen LogP contribution in [0.25, 0.3) is 5.76 Å². The number of benzene rings is 3. The zero-order chi connectivity index (χ0) is 26.5. The zero-order valence-corrected chi connectivity index (χ0v) is 20.8. The predicted molar refractivity (Wildman–Crippen MR) is 143 cm³/mol. The lowest BCUT2D eigenvalue weighted by molar-refractivity contribution is -0.140. The fraction of sp³-hybridized carbons (Fsp3) is 0.129. The number of Topliss-reactive ketones (excluding diaryl/α,β-unsaturated/α-hetero) is 1. The number of carbonyl (C=O) groups excluding carboxylic acids is 2. The van der Waals surface area contributed by atoms with Crippen molar-refractivity contribution in [2.24, 2.45) is 0 Å². The van der Waals surface area contributed by atoms with Gasteiger partial charge in [-0.15, -0.1) is 0 Å². The van der Waals surface area contributed by atoms with Crippen LogP contribution < -0.4 is 9.47 Å². The van der Waals surface area contributed by atoms with Gasteiger partial charge < -0.3 is 19.5 Å². The van der Waals surface area contributed by atoms with E-state index in [4.69, 9.17) is 9.47 Å². The number of para-hydroxylation sites is 1. The molecule has 0 spiro atoms. The van der Waals surface area contributed by atoms with Crippen molar-refractivity contribution in [3.05, 3.63) is 126 Å². The minimum atomic E-state index is -0.845. The Morgan fingerprint density at radius 2 is 1.61 bits per heavy atom. The number of ketones is 1. The second kappa shape index (κ2) is 11.0. The summed E-state index contributed by atoms with van der Waals surface area (Å²) in [6, 6.07) is 27.8. The van der Waals surface area contributed by atoms with Gasteiger partial charge in [0.05, 0.1) is 30.5 Å². The van der Waals surface area contributed by atoms with Gasteiger partial charge in [0.2, 0.25) is 0 Å². The smallest absolute Gasteiger partial charge is 0.296 e. The van der Waals surface area contributed by atoms with Gasteiger partial charge in [0.25, 0.3) is 11.7 Å². The van der Waals surface area contributed by atoms with E-state index in [2.05, 4.69) is 4.98 Å². The van der Waals surface area contributed by atoms with Crippen molar-refractivity contribution >= 4 is 17.4 Å². The Balaban J connectivity index is 1.59. The van der Waals surface area contributed by atoms with Crippen LogP contribution in [0.5, 0.6) is 17.2 Å². The SMILES string of the molecule is CCOc1ccc(/C(O)=C2/C(=O)C(=O)N(Cc3ccccn3)C2c2cccc(Oc3ccccc3)c2)cc1. The Bertz CT molecular complexity index is 1470. The number of ether oxygens (including phenoxy) is 2. The number of hydrogen-bond acceptors (Lipinski definition) is 6. The van der Waals surface area contributed by atoms with Gasteiger partial charge in [-0.2, -0.15) is 0 Å². The van der Waals surface area contributed by atoms with E-state index >= 15 is 0 Å². The van der Waals surface area contributed by atoms with E-state index in [0.29, 0.717) is 40.7 Å². The van der Waals surface area contributed by atoms with Crippen LogP contribution >= 0.6 is 0 Å². The number of nitrogens with zero attached hydrogens (tertiary/aromatic N) is 2. The molecule has 1 fully saturated rings. The maximum Gasteiger partial charge on any atom is 0.296 e. The zero-order valence-electron chi connectivity index (χ0n) is 20.8. The van der Waals surface area contributed by atoms with Crippen molar-refractivity contribution in [1.82, 2.24) is 9.88 Å². The van der Waals surface area contributed by atoms with Crippen LogP contribution in [0.4, 0.5) is 0 Å². The number of aliphatic hydroxyl groups excluding tert-OH is 1. The van der Waals surface area contributed by atoms with Crippen LogP contribution in [-0.4, -0.2) is 33.3 Å². The highest BCUT2D eigenvalue weighted by molar-refractivity contribution is 6.46. The molecule has 1 unspecified atom stereocenters. The Morgan fingerprint density at radius 1 is 0.868 bits per heavy atom. The molecule has 3 aromatic carbocycles. The highest BCUT2D eigenvalue weighted by Crippen LogP contribution is 2.41. The number of pyridine rings is 1. The minimum absolute atomic E-state index is 0.00644. The summed E-state index contributed by atoms with van der Waals surface area (Å²) >= 11 is 0. The molecule has 1 aliphatic heterocycles. The number of hydrogen-bond donors (Lipinski definition) is 1. The normalized spacial score (nSPS) is 16.4. The second-order valence-corrected chi connectivity index (χ2v) is 8.69. The Morgan fingerprint density at radius 3 is 2.32 bits per heavy atom. The van der Waals surface area contributed by atoms with Crippen molar-refractivity contribution in [2.45, 2.75) is 19.5 Å². The fourth-order valence-electron chi connectivity index (χ4n) is 4.46. The summed E-state index contributed by atoms with van der Waals surface area (Å²) in [6.07, 6.45) is 1.63. The predicted octanol–water partition coefficient (Wildman–Crippen LogP) is 5.89. The van der Waals surface area contributed by atoms with Crippen molar-refractivity contribution in [1.29, 1.82) is 0 Å². The molecule has 1 aliphatic rings. The first-order valence-electron chi connectivity index (χ1n) is 12.3. The Labute approximate surface area is 220 Å². The van der Waals surface area contributed by atoms with Crippen molar-refractivity contribution < 1.29 is 24.2 Å². The number of likely N-dealkylation sites (tertiary alicyclic amines) is 1. The number of aliphatic hydroxyl groups is 1. The lowest BCUT2D eigenvalue weighted by Gasteiger charge is -2.25. The molecule has 5 rings (SSSR count). The first kappa shape index (κ1) is 24.8. The molecular weight excluding hydrogens is 480 g/mol. The van der Waals surface area contributed by atoms with Gasteiger partial charge in [-0.1, -0.05) is 36.4 Å². The third-order valence-corrected chi connectivity index (χ3v) is 6.19. The molecule has 0 radical (unpaired) electrons. The summed E-state index contributed by atoms with van der Waals surface area (Å²) in [4.78, 5) is 32.4. The van der Waals surface area contributed by atoms with Gasteiger partial charge in [0, 0.05) is 11.8 Å². The van der Waals surface area contributed by atoms with E-state index in [0.717, 1.165) is 0 Å². The van der Waals surface area contributed by atoms with Crippen LogP contribution in [-0.2, 0) is 16.1 Å². The van der Waals surface area contributed by atoms with E-state index < -0.39 is 17.7 Å². The van der Waals surface area contributed by atoms with Crippen LogP contribution in [0.3, 0.4) is 0 Å². The first-order chi connectivity index (χ1) is 18.5. The monoisotopic (exact) mass is 506 g/mol. The molecule has 1 amide bonds. The van der Waals surface area contributed by atoms with Crippen LogP contribution in [0.1, 0.15) is 29.8 Å². The molecule has 0 aliphatic carbocycles. The number of aromatic nitrogens is 1. The third kappa shape index (κ3) is 5.13. The maximum atomic E-state index is 13.4. The highest BCUT2D eigenvalue weighted by atomic mass is 16.5. The quantitative estimate of drug-likeness (QED) is 0.182. The lowest BCUT2D eigenvalue weighted by Crippen LogP contribution is -2.29. The van der Waals surface area contributed by atoms with Gasteiger partial charge in [-0.05, 0) is 73.2 Å². The average molecular weight is 507 g/mol. The van der Waals surface area contributed by atoms with Gasteiger partial charge >= 0.3 is 0 Å². The molecule has 2 heterocycles. The first-order valence-corrected chi connectivity index (χ1v) is 12.3. The lowest BCUT2D eigenvalue weighted by atomic mass is 9.95. The van der Waals surface area contributed by atoms with Gasteiger partial charge in [-0.3, -0.25) is 14.6 Å². The summed E-state index contributed by atoms with van der Waals surface area (Å²) < 4.78 is 11.5. The van der Waals surface area contributed by atoms with Crippen molar-refractivity contribution in [2.75, 3.05) is 6.61 Å². The van der Waals surface area contributed by atoms with E-state index in [1.807, 2.05) is 49.4 Å². The standard InChI is InChI=1S/C31H26N2O5/c1-2-37-24-16-14-21(15-17-24)29(34)27-28(33(31(36)30(27)35)20-23-10-6-7-18-32-23)22-9-8-13-26(19-22)38-25-11-4-3-5-12-25/h3-19,28,34H,2,20H2,1H3/b29-27-. The molecule has 1 aromatic heterocycles. The van der Waals surface area contributed by atoms with Gasteiger partial charge in [0.15, 0.2) is 0 Å². The number of carbonyl (C=O) groups is 2. The maximum absolute atomic E-state index is 13.4. The van der Waals surface area contributed by atoms with Crippen molar-refractivity contribution in [3.8, 4) is 17.2 Å². The van der Waals surface area contributed by atoms with E-state index in [-0.39, 0.29) is 17.9 Å². The minimum Gasteiger partial charge on any atom is -0.507 e. The number of rotatable bonds is 8. The molecule has 38 heavy (non-hydrogen) atoms. The Kier molecular flexibility index (Phi) is 7.17.